The number of anilines is 1. The van der Waals surface area contributed by atoms with Crippen LogP contribution in [-0.4, -0.2) is 10.7 Å². The van der Waals surface area contributed by atoms with Gasteiger partial charge in [0.15, 0.2) is 10.8 Å². The van der Waals surface area contributed by atoms with E-state index in [-0.39, 0.29) is 0 Å². The van der Waals surface area contributed by atoms with Gasteiger partial charge in [0.1, 0.15) is 11.3 Å². The van der Waals surface area contributed by atoms with Crippen molar-refractivity contribution in [3.8, 4) is 0 Å². The molecule has 7 heteroatoms. The highest BCUT2D eigenvalue weighted by atomic mass is 32.1. The number of nitrogens with one attached hydrogen (secondary N) is 1. The lowest BCUT2D eigenvalue weighted by molar-refractivity contribution is 0.604. The third-order valence-corrected chi connectivity index (χ3v) is 5.11. The second-order valence-electron chi connectivity index (χ2n) is 6.40. The van der Waals surface area contributed by atoms with E-state index in [2.05, 4.69) is 25.7 Å². The molecule has 6 nitrogen and oxygen atoms in total. The van der Waals surface area contributed by atoms with Crippen LogP contribution in [-0.2, 0) is 0 Å². The first kappa shape index (κ1) is 18.1. The van der Waals surface area contributed by atoms with Gasteiger partial charge in [0.2, 0.25) is 5.13 Å². The molecular weight excluding hydrogens is 370 g/mol. The maximum absolute atomic E-state index is 5.82. The fourth-order valence-corrected chi connectivity index (χ4v) is 3.32. The maximum Gasteiger partial charge on any atom is 0.205 e. The molecule has 0 saturated heterocycles. The molecule has 140 valence electrons. The zero-order valence-electron chi connectivity index (χ0n) is 15.8. The van der Waals surface area contributed by atoms with Gasteiger partial charge in [-0.2, -0.15) is 5.10 Å². The minimum Gasteiger partial charge on any atom is -0.455 e. The highest BCUT2D eigenvalue weighted by Gasteiger charge is 2.09. The van der Waals surface area contributed by atoms with Crippen molar-refractivity contribution >= 4 is 43.8 Å². The van der Waals surface area contributed by atoms with Gasteiger partial charge in [-0.25, -0.2) is 4.98 Å². The fraction of sp³-hybridized carbons (Fsp3) is 0.143. The van der Waals surface area contributed by atoms with Gasteiger partial charge < -0.3 is 4.42 Å². The van der Waals surface area contributed by atoms with E-state index in [1.165, 1.54) is 16.9 Å². The molecular formula is C21H19N5OS. The number of hydrazone groups is 1. The third kappa shape index (κ3) is 3.99. The van der Waals surface area contributed by atoms with Gasteiger partial charge in [-0.05, 0) is 45.0 Å². The molecule has 28 heavy (non-hydrogen) atoms. The van der Waals surface area contributed by atoms with Crippen molar-refractivity contribution in [2.45, 2.75) is 20.8 Å². The van der Waals surface area contributed by atoms with Crippen molar-refractivity contribution in [3.63, 3.8) is 0 Å². The van der Waals surface area contributed by atoms with E-state index in [1.807, 2.05) is 75.4 Å². The number of fused-ring (bicyclic) bond motifs is 1. The molecule has 0 amide bonds. The predicted molar refractivity (Wildman–Crippen MR) is 114 cm³/mol. The number of para-hydroxylation sites is 1. The second-order valence-corrected chi connectivity index (χ2v) is 7.38. The van der Waals surface area contributed by atoms with E-state index < -0.39 is 0 Å². The Kier molecular flexibility index (Phi) is 4.99. The molecule has 0 radical (unpaired) electrons. The van der Waals surface area contributed by atoms with Crippen LogP contribution in [0.3, 0.4) is 0 Å². The molecule has 1 N–H and O–H groups in total. The van der Waals surface area contributed by atoms with E-state index in [9.17, 15) is 0 Å². The Labute approximate surface area is 166 Å². The standard InChI is InChI=1S/C21H19N5OS/c1-13-8-10-17(11-9-13)24-25-20-15(3)22-21(28-20)26-23-14(2)19-12-16-6-4-5-7-18(16)27-19/h4-12H,1-3H3,(H,22,26)/b23-14+,25-24?. The summed E-state index contributed by atoms with van der Waals surface area (Å²) < 4.78 is 5.82. The summed E-state index contributed by atoms with van der Waals surface area (Å²) in [5.41, 5.74) is 7.38. The largest absolute Gasteiger partial charge is 0.455 e. The summed E-state index contributed by atoms with van der Waals surface area (Å²) >= 11 is 1.40. The molecule has 0 aliphatic heterocycles. The monoisotopic (exact) mass is 389 g/mol. The number of aromatic nitrogens is 1. The molecule has 0 aliphatic carbocycles. The molecule has 4 rings (SSSR count). The minimum absolute atomic E-state index is 0.658. The lowest BCUT2D eigenvalue weighted by atomic mass is 10.2. The highest BCUT2D eigenvalue weighted by molar-refractivity contribution is 7.19. The van der Waals surface area contributed by atoms with E-state index in [0.29, 0.717) is 5.13 Å². The molecule has 4 aromatic rings. The molecule has 2 aromatic carbocycles. The van der Waals surface area contributed by atoms with E-state index in [1.54, 1.807) is 0 Å². The van der Waals surface area contributed by atoms with Gasteiger partial charge in [0.25, 0.3) is 0 Å². The van der Waals surface area contributed by atoms with Gasteiger partial charge in [-0.3, -0.25) is 5.43 Å². The quantitative estimate of drug-likeness (QED) is 0.233. The average Bonchev–Trinajstić information content (AvgIpc) is 3.29. The van der Waals surface area contributed by atoms with Gasteiger partial charge in [-0.15, -0.1) is 10.2 Å². The number of thiazole rings is 1. The summed E-state index contributed by atoms with van der Waals surface area (Å²) in [6, 6.07) is 17.8. The molecule has 0 fully saturated rings. The molecule has 0 spiro atoms. The fourth-order valence-electron chi connectivity index (χ4n) is 2.59. The van der Waals surface area contributed by atoms with Gasteiger partial charge >= 0.3 is 0 Å². The number of azo groups is 1. The molecule has 2 heterocycles. The first-order chi connectivity index (χ1) is 13.6. The number of rotatable bonds is 5. The second kappa shape index (κ2) is 7.74. The first-order valence-corrected chi connectivity index (χ1v) is 9.65. The Bertz CT molecular complexity index is 1140. The number of nitrogens with zero attached hydrogens (tertiary/aromatic N) is 4. The number of hydrogen-bond acceptors (Lipinski definition) is 7. The maximum atomic E-state index is 5.82. The van der Waals surface area contributed by atoms with Crippen molar-refractivity contribution in [2.75, 3.05) is 5.43 Å². The normalized spacial score (nSPS) is 12.2. The van der Waals surface area contributed by atoms with Crippen molar-refractivity contribution in [1.82, 2.24) is 4.98 Å². The third-order valence-electron chi connectivity index (χ3n) is 4.16. The van der Waals surface area contributed by atoms with Crippen molar-refractivity contribution < 1.29 is 4.42 Å². The van der Waals surface area contributed by atoms with Crippen molar-refractivity contribution in [1.29, 1.82) is 0 Å². The Hall–Kier alpha value is -3.32. The Morgan fingerprint density at radius 3 is 2.61 bits per heavy atom. The van der Waals surface area contributed by atoms with E-state index in [0.717, 1.165) is 38.8 Å². The summed E-state index contributed by atoms with van der Waals surface area (Å²) in [4.78, 5) is 4.46. The summed E-state index contributed by atoms with van der Waals surface area (Å²) in [7, 11) is 0. The molecule has 0 unspecified atom stereocenters. The van der Waals surface area contributed by atoms with Gasteiger partial charge in [0.05, 0.1) is 11.4 Å². The van der Waals surface area contributed by atoms with Crippen LogP contribution in [0.1, 0.15) is 23.9 Å². The van der Waals surface area contributed by atoms with Crippen LogP contribution >= 0.6 is 11.3 Å². The van der Waals surface area contributed by atoms with Crippen LogP contribution < -0.4 is 5.43 Å². The summed E-state index contributed by atoms with van der Waals surface area (Å²) in [6.07, 6.45) is 0. The molecule has 0 bridgehead atoms. The predicted octanol–water partition coefficient (Wildman–Crippen LogP) is 6.76. The van der Waals surface area contributed by atoms with Crippen LogP contribution in [0.25, 0.3) is 11.0 Å². The average molecular weight is 389 g/mol. The smallest absolute Gasteiger partial charge is 0.205 e. The molecule has 2 aromatic heterocycles. The SMILES string of the molecule is C/C(=N\Nc1nc(C)c(N=Nc2ccc(C)cc2)s1)c1cc2ccccc2o1. The minimum atomic E-state index is 0.658. The van der Waals surface area contributed by atoms with Crippen LogP contribution in [0.4, 0.5) is 15.8 Å². The Balaban J connectivity index is 1.48. The number of hydrogen-bond donors (Lipinski definition) is 1. The van der Waals surface area contributed by atoms with E-state index >= 15 is 0 Å². The summed E-state index contributed by atoms with van der Waals surface area (Å²) in [6.45, 7) is 5.84. The van der Waals surface area contributed by atoms with Crippen LogP contribution in [0.2, 0.25) is 0 Å². The first-order valence-electron chi connectivity index (χ1n) is 8.83. The van der Waals surface area contributed by atoms with Gasteiger partial charge in [-0.1, -0.05) is 47.2 Å². The number of aryl methyl sites for hydroxylation is 2. The van der Waals surface area contributed by atoms with Crippen molar-refractivity contribution in [2.24, 2.45) is 15.3 Å². The Morgan fingerprint density at radius 2 is 1.82 bits per heavy atom. The zero-order chi connectivity index (χ0) is 19.5. The van der Waals surface area contributed by atoms with Crippen LogP contribution in [0.15, 0.2) is 74.3 Å². The lowest BCUT2D eigenvalue weighted by Gasteiger charge is -1.96. The number of benzene rings is 2. The van der Waals surface area contributed by atoms with Crippen LogP contribution in [0.5, 0.6) is 0 Å². The number of furan rings is 1. The van der Waals surface area contributed by atoms with Gasteiger partial charge in [0, 0.05) is 5.39 Å². The molecule has 0 atom stereocenters. The van der Waals surface area contributed by atoms with Crippen LogP contribution in [0, 0.1) is 13.8 Å². The summed E-state index contributed by atoms with van der Waals surface area (Å²) in [5.74, 6) is 0.723. The molecule has 0 aliphatic rings. The topological polar surface area (TPSA) is 75.1 Å². The summed E-state index contributed by atoms with van der Waals surface area (Å²) in [5, 5.41) is 15.4. The zero-order valence-corrected chi connectivity index (χ0v) is 16.6. The molecule has 0 saturated carbocycles. The lowest BCUT2D eigenvalue weighted by Crippen LogP contribution is -1.97. The Morgan fingerprint density at radius 1 is 1.04 bits per heavy atom. The highest BCUT2D eigenvalue weighted by Crippen LogP contribution is 2.32. The van der Waals surface area contributed by atoms with Crippen molar-refractivity contribution in [3.05, 3.63) is 71.6 Å². The van der Waals surface area contributed by atoms with E-state index in [4.69, 9.17) is 4.42 Å².